The van der Waals surface area contributed by atoms with Gasteiger partial charge in [-0.15, -0.1) is 0 Å². The van der Waals surface area contributed by atoms with Crippen LogP contribution in [0.5, 0.6) is 11.5 Å². The normalized spacial score (nSPS) is 13.0. The van der Waals surface area contributed by atoms with E-state index in [0.29, 0.717) is 37.8 Å². The number of rotatable bonds is 7. The molecule has 2 aromatic carbocycles. The Morgan fingerprint density at radius 1 is 0.968 bits per heavy atom. The third kappa shape index (κ3) is 4.44. The van der Waals surface area contributed by atoms with Crippen molar-refractivity contribution in [3.8, 4) is 11.5 Å². The van der Waals surface area contributed by atoms with E-state index >= 15 is 0 Å². The number of sulfonamides is 1. The molecule has 0 atom stereocenters. The highest BCUT2D eigenvalue weighted by Gasteiger charge is 2.24. The molecule has 0 saturated carbocycles. The van der Waals surface area contributed by atoms with E-state index in [1.807, 2.05) is 55.3 Å². The van der Waals surface area contributed by atoms with Crippen LogP contribution in [-0.2, 0) is 16.6 Å². The first-order valence-corrected chi connectivity index (χ1v) is 11.6. The minimum atomic E-state index is -3.69. The van der Waals surface area contributed by atoms with Gasteiger partial charge >= 0.3 is 0 Å². The fraction of sp³-hybridized carbons (Fsp3) is 0.261. The van der Waals surface area contributed by atoms with Gasteiger partial charge in [-0.2, -0.15) is 0 Å². The summed E-state index contributed by atoms with van der Waals surface area (Å²) in [4.78, 5) is 6.52. The van der Waals surface area contributed by atoms with Crippen molar-refractivity contribution in [3.05, 3.63) is 72.4 Å². The van der Waals surface area contributed by atoms with E-state index in [1.165, 1.54) is 10.5 Å². The SMILES string of the molecule is CCN(c1ccccc1)S(=O)(=O)c1ccc(N(C)Cc2ccc3c(c2)OCCO3)nc1. The summed E-state index contributed by atoms with van der Waals surface area (Å²) in [5.74, 6) is 2.17. The molecule has 0 radical (unpaired) electrons. The van der Waals surface area contributed by atoms with Crippen LogP contribution in [-0.4, -0.2) is 40.2 Å². The Kier molecular flexibility index (Phi) is 5.99. The predicted octanol–water partition coefficient (Wildman–Crippen LogP) is 3.70. The lowest BCUT2D eigenvalue weighted by Gasteiger charge is -2.24. The molecule has 162 valence electrons. The standard InChI is InChI=1S/C23H25N3O4S/c1-3-26(19-7-5-4-6-8-19)31(27,28)20-10-12-23(24-16-20)25(2)17-18-9-11-21-22(15-18)30-14-13-29-21/h4-12,15-16H,3,13-14,17H2,1-2H3. The summed E-state index contributed by atoms with van der Waals surface area (Å²) < 4.78 is 38.8. The van der Waals surface area contributed by atoms with Crippen LogP contribution in [0.25, 0.3) is 0 Å². The zero-order valence-corrected chi connectivity index (χ0v) is 18.4. The summed E-state index contributed by atoms with van der Waals surface area (Å²) in [6, 6.07) is 18.2. The second-order valence-electron chi connectivity index (χ2n) is 7.19. The molecule has 7 nitrogen and oxygen atoms in total. The number of benzene rings is 2. The van der Waals surface area contributed by atoms with Crippen molar-refractivity contribution >= 4 is 21.5 Å². The molecule has 4 rings (SSSR count). The van der Waals surface area contributed by atoms with Gasteiger partial charge in [-0.3, -0.25) is 4.31 Å². The van der Waals surface area contributed by atoms with Crippen LogP contribution in [0.15, 0.2) is 71.8 Å². The molecule has 8 heteroatoms. The first-order valence-electron chi connectivity index (χ1n) is 10.1. The lowest BCUT2D eigenvalue weighted by molar-refractivity contribution is 0.171. The summed E-state index contributed by atoms with van der Waals surface area (Å²) in [6.45, 7) is 3.85. The molecular formula is C23H25N3O4S. The first-order chi connectivity index (χ1) is 15.0. The van der Waals surface area contributed by atoms with E-state index in [1.54, 1.807) is 24.3 Å². The molecule has 1 aliphatic heterocycles. The van der Waals surface area contributed by atoms with Gasteiger partial charge in [0.25, 0.3) is 10.0 Å². The van der Waals surface area contributed by atoms with Gasteiger partial charge in [0, 0.05) is 26.3 Å². The van der Waals surface area contributed by atoms with Gasteiger partial charge in [-0.1, -0.05) is 24.3 Å². The summed E-state index contributed by atoms with van der Waals surface area (Å²) in [5.41, 5.74) is 1.68. The van der Waals surface area contributed by atoms with E-state index < -0.39 is 10.0 Å². The van der Waals surface area contributed by atoms with Crippen LogP contribution in [0, 0.1) is 0 Å². The number of fused-ring (bicyclic) bond motifs is 1. The average Bonchev–Trinajstić information content (AvgIpc) is 2.80. The molecule has 0 bridgehead atoms. The van der Waals surface area contributed by atoms with E-state index in [4.69, 9.17) is 9.47 Å². The number of hydrogen-bond donors (Lipinski definition) is 0. The molecular weight excluding hydrogens is 414 g/mol. The van der Waals surface area contributed by atoms with Crippen LogP contribution < -0.4 is 18.7 Å². The zero-order chi connectivity index (χ0) is 21.8. The third-order valence-electron chi connectivity index (χ3n) is 5.06. The highest BCUT2D eigenvalue weighted by Crippen LogP contribution is 2.31. The van der Waals surface area contributed by atoms with Gasteiger partial charge in [-0.05, 0) is 48.9 Å². The largest absolute Gasteiger partial charge is 0.486 e. The molecule has 0 aliphatic carbocycles. The Hall–Kier alpha value is -3.26. The van der Waals surface area contributed by atoms with Crippen molar-refractivity contribution < 1.29 is 17.9 Å². The predicted molar refractivity (Wildman–Crippen MR) is 120 cm³/mol. The van der Waals surface area contributed by atoms with Gasteiger partial charge in [0.15, 0.2) is 11.5 Å². The van der Waals surface area contributed by atoms with E-state index in [9.17, 15) is 8.42 Å². The van der Waals surface area contributed by atoms with Crippen molar-refractivity contribution in [2.24, 2.45) is 0 Å². The average molecular weight is 440 g/mol. The molecule has 31 heavy (non-hydrogen) atoms. The van der Waals surface area contributed by atoms with Gasteiger partial charge in [0.1, 0.15) is 23.9 Å². The van der Waals surface area contributed by atoms with Gasteiger partial charge in [-0.25, -0.2) is 13.4 Å². The monoisotopic (exact) mass is 439 g/mol. The van der Waals surface area contributed by atoms with Crippen LogP contribution in [0.3, 0.4) is 0 Å². The number of ether oxygens (including phenoxy) is 2. The van der Waals surface area contributed by atoms with Crippen molar-refractivity contribution in [2.45, 2.75) is 18.4 Å². The van der Waals surface area contributed by atoms with E-state index in [0.717, 1.165) is 17.1 Å². The number of hydrogen-bond acceptors (Lipinski definition) is 6. The van der Waals surface area contributed by atoms with Crippen LogP contribution in [0.1, 0.15) is 12.5 Å². The summed E-state index contributed by atoms with van der Waals surface area (Å²) in [6.07, 6.45) is 1.41. The Morgan fingerprint density at radius 2 is 1.71 bits per heavy atom. The number of anilines is 2. The molecule has 1 aromatic heterocycles. The smallest absolute Gasteiger partial charge is 0.265 e. The van der Waals surface area contributed by atoms with Crippen molar-refractivity contribution in [3.63, 3.8) is 0 Å². The molecule has 1 aliphatic rings. The molecule has 0 spiro atoms. The summed E-state index contributed by atoms with van der Waals surface area (Å²) >= 11 is 0. The number of aromatic nitrogens is 1. The van der Waals surface area contributed by atoms with Crippen LogP contribution >= 0.6 is 0 Å². The Balaban J connectivity index is 1.51. The second kappa shape index (κ2) is 8.85. The van der Waals surface area contributed by atoms with E-state index in [2.05, 4.69) is 4.98 Å². The highest BCUT2D eigenvalue weighted by atomic mass is 32.2. The van der Waals surface area contributed by atoms with Crippen molar-refractivity contribution in [1.82, 2.24) is 4.98 Å². The number of pyridine rings is 1. The number of para-hydroxylation sites is 1. The zero-order valence-electron chi connectivity index (χ0n) is 17.6. The van der Waals surface area contributed by atoms with Gasteiger partial charge in [0.2, 0.25) is 0 Å². The second-order valence-corrected chi connectivity index (χ2v) is 9.05. The quantitative estimate of drug-likeness (QED) is 0.559. The molecule has 0 unspecified atom stereocenters. The first kappa shape index (κ1) is 21.0. The fourth-order valence-electron chi connectivity index (χ4n) is 3.50. The topological polar surface area (TPSA) is 72.0 Å². The van der Waals surface area contributed by atoms with Gasteiger partial charge in [0.05, 0.1) is 5.69 Å². The fourth-order valence-corrected chi connectivity index (χ4v) is 4.92. The maximum atomic E-state index is 13.1. The molecule has 0 saturated heterocycles. The maximum absolute atomic E-state index is 13.1. The molecule has 0 N–H and O–H groups in total. The molecule has 2 heterocycles. The highest BCUT2D eigenvalue weighted by molar-refractivity contribution is 7.92. The van der Waals surface area contributed by atoms with Gasteiger partial charge < -0.3 is 14.4 Å². The lowest BCUT2D eigenvalue weighted by atomic mass is 10.2. The van der Waals surface area contributed by atoms with Crippen molar-refractivity contribution in [1.29, 1.82) is 0 Å². The molecule has 3 aromatic rings. The maximum Gasteiger partial charge on any atom is 0.265 e. The Labute approximate surface area is 182 Å². The van der Waals surface area contributed by atoms with E-state index in [-0.39, 0.29) is 4.90 Å². The molecule has 0 fully saturated rings. The van der Waals surface area contributed by atoms with Crippen LogP contribution in [0.2, 0.25) is 0 Å². The minimum absolute atomic E-state index is 0.162. The summed E-state index contributed by atoms with van der Waals surface area (Å²) in [7, 11) is -1.78. The summed E-state index contributed by atoms with van der Waals surface area (Å²) in [5, 5.41) is 0. The Morgan fingerprint density at radius 3 is 2.39 bits per heavy atom. The lowest BCUT2D eigenvalue weighted by Crippen LogP contribution is -2.30. The third-order valence-corrected chi connectivity index (χ3v) is 6.94. The molecule has 0 amide bonds. The minimum Gasteiger partial charge on any atom is -0.486 e. The van der Waals surface area contributed by atoms with Crippen molar-refractivity contribution in [2.75, 3.05) is 36.0 Å². The number of nitrogens with zero attached hydrogens (tertiary/aromatic N) is 3. The van der Waals surface area contributed by atoms with Crippen LogP contribution in [0.4, 0.5) is 11.5 Å². The Bertz CT molecular complexity index is 1140.